The summed E-state index contributed by atoms with van der Waals surface area (Å²) in [7, 11) is 1.53. The summed E-state index contributed by atoms with van der Waals surface area (Å²) in [6, 6.07) is 53.1. The van der Waals surface area contributed by atoms with Crippen molar-refractivity contribution < 1.29 is 87.8 Å². The molecule has 5 fully saturated rings. The Hall–Kier alpha value is -14.6. The Labute approximate surface area is 857 Å². The molecule has 8 amide bonds. The van der Waals surface area contributed by atoms with Gasteiger partial charge in [-0.15, -0.1) is 0 Å². The van der Waals surface area contributed by atoms with Crippen LogP contribution in [0.1, 0.15) is 247 Å². The molecule has 0 radical (unpaired) electrons. The number of hydrogen-bond acceptors (Lipinski definition) is 18. The molecule has 4 saturated heterocycles. The van der Waals surface area contributed by atoms with Gasteiger partial charge in [-0.1, -0.05) is 125 Å². The molecule has 1 unspecified atom stereocenters. The van der Waals surface area contributed by atoms with Crippen LogP contribution < -0.4 is 0 Å². The molecule has 6 aromatic carbocycles. The van der Waals surface area contributed by atoms with Crippen LogP contribution in [0.4, 0.5) is 22.0 Å². The number of aliphatic hydroxyl groups is 1. The van der Waals surface area contributed by atoms with Crippen LogP contribution in [0.25, 0.3) is 89.4 Å². The zero-order valence-electron chi connectivity index (χ0n) is 86.2. The monoisotopic (exact) mass is 2020 g/mol. The van der Waals surface area contributed by atoms with E-state index in [2.05, 4.69) is 32.7 Å². The van der Waals surface area contributed by atoms with Crippen LogP contribution in [-0.2, 0) is 23.9 Å². The summed E-state index contributed by atoms with van der Waals surface area (Å²) in [6.45, 7) is 33.1. The standard InChI is InChI=1S/C31H32FN3O4.C30H29F2N3O4.C28H32FN3O3.C28H34FN3O3/c1-19(2)24-16-25(21-10-12-23(32)13-11-21)33-26-17-27(39-29(24)26)30(36)34-14-15-35(20(3)18-34)31(37)28(38-4)22-8-6-5-7-9-22;1-17(2)23-14-24(19-4-8-21(31)9-5-19)33-25-15-26(39-28(23)25)29(37)34-12-13-35(18(3)16-34)30(38)27(36)20-6-10-22(32)11-7-20;1-17(2)22-14-23(19-8-10-21(29)11-9-19)30-24-15-25(35-26(22)24)28(34)31-12-13-32(18(3)16-31)27(33)20-6-4-5-7-20;1-6-19(7-2)27(33)32-13-12-31(16-18(32)5)28(34)25-15-24-26(35-25)22(17(3)4)14-23(30-24)20-8-10-21(29)11-9-20/h5-13,16-17,19-20,28H,14-15,18H2,1-4H3;4-11,14-15,17-18,27,36H,12-13,16H2,1-3H3;8-11,14-15,17-18,20H,4-7,12-13,16H2,1-3H3;8-11,14-15,17-19H,6-7,12-13,16H2,1-5H3/t20-,28+;18-,27?;2*18-/m0000/s1. The maximum Gasteiger partial charge on any atom is 0.289 e. The number of carbonyl (C=O) groups excluding carboxylic acids is 8. The van der Waals surface area contributed by atoms with E-state index in [1.54, 1.807) is 104 Å². The van der Waals surface area contributed by atoms with Crippen molar-refractivity contribution in [2.75, 3.05) is 85.6 Å². The van der Waals surface area contributed by atoms with Gasteiger partial charge >= 0.3 is 0 Å². The van der Waals surface area contributed by atoms with E-state index in [9.17, 15) is 65.4 Å². The number of amides is 8. The number of rotatable bonds is 21. The summed E-state index contributed by atoms with van der Waals surface area (Å²) in [5.74, 6) is -1.27. The van der Waals surface area contributed by atoms with Crippen LogP contribution in [0.3, 0.4) is 0 Å². The highest BCUT2D eigenvalue weighted by molar-refractivity contribution is 6.00. The van der Waals surface area contributed by atoms with Crippen LogP contribution in [0.15, 0.2) is 218 Å². The second-order valence-electron chi connectivity index (χ2n) is 40.3. The van der Waals surface area contributed by atoms with Crippen molar-refractivity contribution in [2.45, 2.75) is 196 Å². The van der Waals surface area contributed by atoms with Crippen molar-refractivity contribution in [1.82, 2.24) is 59.1 Å². The number of piperazine rings is 4. The number of pyridine rings is 4. The highest BCUT2D eigenvalue weighted by Crippen LogP contribution is 2.41. The fraction of sp³-hybridized carbons (Fsp3) is 0.385. The summed E-state index contributed by atoms with van der Waals surface area (Å²) in [6.07, 6.45) is 3.76. The molecule has 1 N–H and O–H groups in total. The molecule has 8 aromatic heterocycles. The van der Waals surface area contributed by atoms with E-state index < -0.39 is 23.9 Å². The number of hydrogen-bond donors (Lipinski definition) is 1. The number of furan rings is 4. The largest absolute Gasteiger partial charge is 0.449 e. The summed E-state index contributed by atoms with van der Waals surface area (Å²) in [5, 5.41) is 10.5. The van der Waals surface area contributed by atoms with Crippen molar-refractivity contribution in [2.24, 2.45) is 11.8 Å². The average molecular weight is 2020 g/mol. The molecule has 26 nitrogen and oxygen atoms in total. The van der Waals surface area contributed by atoms with Gasteiger partial charge in [0, 0.05) is 190 Å². The predicted octanol–water partition coefficient (Wildman–Crippen LogP) is 22.6. The SMILES string of the molecule is CC(C)c1cc(-c2ccc(F)cc2)nc2cc(C(=O)N3CCN(C(=O)C(O)c4ccc(F)cc4)[C@@H](C)C3)oc12.CC(C)c1cc(-c2ccc(F)cc2)nc2cc(C(=O)N3CCN(C(=O)C4CCCC4)[C@@H](C)C3)oc12.CCC(CC)C(=O)N1CCN(C(=O)c2cc3nc(-c4ccc(F)cc4)cc(C(C)C)c3o2)C[C@@H]1C.CO[C@@H](C(=O)N1CCN(C(=O)c2cc3nc(-c4ccc(F)cc4)cc(C(C)C)c3o2)C[C@@H]1C)c1ccccc1. The number of fused-ring (bicyclic) bond motifs is 4. The van der Waals surface area contributed by atoms with Crippen molar-refractivity contribution in [3.63, 3.8) is 0 Å². The number of benzene rings is 6. The quantitative estimate of drug-likeness (QED) is 0.0654. The number of halogens is 5. The number of carbonyl (C=O) groups is 8. The Morgan fingerprint density at radius 1 is 0.351 bits per heavy atom. The van der Waals surface area contributed by atoms with Gasteiger partial charge in [-0.2, -0.15) is 0 Å². The van der Waals surface area contributed by atoms with Crippen molar-refractivity contribution in [1.29, 1.82) is 0 Å². The number of aromatic nitrogens is 4. The third-order valence-corrected chi connectivity index (χ3v) is 28.7. The Kier molecular flexibility index (Phi) is 33.2. The number of nitrogens with zero attached hydrogens (tertiary/aromatic N) is 12. The number of methoxy groups -OCH3 is 1. The molecule has 1 aliphatic carbocycles. The fourth-order valence-corrected chi connectivity index (χ4v) is 20.3. The molecule has 0 bridgehead atoms. The summed E-state index contributed by atoms with van der Waals surface area (Å²) >= 11 is 0. The minimum atomic E-state index is -1.42. The van der Waals surface area contributed by atoms with E-state index >= 15 is 0 Å². The predicted molar refractivity (Wildman–Crippen MR) is 556 cm³/mol. The lowest BCUT2D eigenvalue weighted by Crippen LogP contribution is -2.56. The molecule has 14 aromatic rings. The first-order valence-electron chi connectivity index (χ1n) is 51.1. The maximum absolute atomic E-state index is 13.5. The highest BCUT2D eigenvalue weighted by atomic mass is 19.1. The van der Waals surface area contributed by atoms with Crippen LogP contribution in [0.5, 0.6) is 0 Å². The number of ether oxygens (including phenoxy) is 1. The van der Waals surface area contributed by atoms with Crippen molar-refractivity contribution >= 4 is 91.7 Å². The Balaban J connectivity index is 0.000000141. The number of aliphatic hydroxyl groups excluding tert-OH is 1. The molecule has 31 heteroatoms. The molecule has 148 heavy (non-hydrogen) atoms. The molecular weight excluding hydrogens is 1890 g/mol. The van der Waals surface area contributed by atoms with E-state index in [1.165, 1.54) is 84.8 Å². The molecule has 4 aliphatic heterocycles. The van der Waals surface area contributed by atoms with Gasteiger partial charge in [0.25, 0.3) is 35.4 Å². The van der Waals surface area contributed by atoms with Gasteiger partial charge in [0.15, 0.2) is 57.6 Å². The Bertz CT molecular complexity index is 6960. The Morgan fingerprint density at radius 3 is 0.892 bits per heavy atom. The van der Waals surface area contributed by atoms with Crippen molar-refractivity contribution in [3.05, 3.63) is 286 Å². The zero-order chi connectivity index (χ0) is 105. The van der Waals surface area contributed by atoms with E-state index in [4.69, 9.17) is 37.4 Å². The summed E-state index contributed by atoms with van der Waals surface area (Å²) in [5.41, 5.74) is 15.4. The van der Waals surface area contributed by atoms with Gasteiger partial charge in [0.1, 0.15) is 51.2 Å². The van der Waals surface area contributed by atoms with Crippen molar-refractivity contribution in [3.8, 4) is 45.0 Å². The summed E-state index contributed by atoms with van der Waals surface area (Å²) < 4.78 is 96.8. The van der Waals surface area contributed by atoms with Gasteiger partial charge in [0.2, 0.25) is 11.8 Å². The highest BCUT2D eigenvalue weighted by Gasteiger charge is 2.41. The van der Waals surface area contributed by atoms with Gasteiger partial charge in [0.05, 0.1) is 22.8 Å². The van der Waals surface area contributed by atoms with Gasteiger partial charge in [-0.3, -0.25) is 38.4 Å². The molecule has 1 saturated carbocycles. The first-order chi connectivity index (χ1) is 70.9. The summed E-state index contributed by atoms with van der Waals surface area (Å²) in [4.78, 5) is 139. The van der Waals surface area contributed by atoms with Gasteiger partial charge in [-0.05, 0) is 222 Å². The van der Waals surface area contributed by atoms with E-state index in [0.29, 0.717) is 132 Å². The lowest BCUT2D eigenvalue weighted by atomic mass is 10.00. The van der Waals surface area contributed by atoms with Crippen LogP contribution in [-0.4, -0.2) is 221 Å². The zero-order valence-corrected chi connectivity index (χ0v) is 86.2. The Morgan fingerprint density at radius 2 is 0.622 bits per heavy atom. The van der Waals surface area contributed by atoms with Crippen LogP contribution >= 0.6 is 0 Å². The topological polar surface area (TPSA) is 296 Å². The molecule has 0 spiro atoms. The average Bonchev–Trinajstić information content (AvgIpc) is 1.64. The molecular formula is C117H127F5N12O14. The molecule has 6 atom stereocenters. The normalized spacial score (nSPS) is 17.2. The first-order valence-corrected chi connectivity index (χ1v) is 51.1. The van der Waals surface area contributed by atoms with Crippen LogP contribution in [0, 0.1) is 40.9 Å². The minimum Gasteiger partial charge on any atom is -0.449 e. The lowest BCUT2D eigenvalue weighted by Gasteiger charge is -2.40. The molecule has 5 aliphatic rings. The molecule has 774 valence electrons. The fourth-order valence-electron chi connectivity index (χ4n) is 20.3. The minimum absolute atomic E-state index is 0.0281. The molecule has 19 rings (SSSR count). The van der Waals surface area contributed by atoms with E-state index in [1.807, 2.05) is 127 Å². The van der Waals surface area contributed by atoms with Crippen LogP contribution in [0.2, 0.25) is 0 Å². The second kappa shape index (κ2) is 46.2. The maximum atomic E-state index is 13.5. The van der Waals surface area contributed by atoms with E-state index in [0.717, 1.165) is 88.6 Å². The lowest BCUT2D eigenvalue weighted by molar-refractivity contribution is -0.146. The first kappa shape index (κ1) is 106. The third-order valence-electron chi connectivity index (χ3n) is 28.7. The third kappa shape index (κ3) is 23.5. The second-order valence-corrected chi connectivity index (χ2v) is 40.3. The smallest absolute Gasteiger partial charge is 0.289 e. The van der Waals surface area contributed by atoms with Gasteiger partial charge < -0.3 is 66.7 Å². The van der Waals surface area contributed by atoms with Gasteiger partial charge in [-0.25, -0.2) is 41.9 Å². The van der Waals surface area contributed by atoms with E-state index in [-0.39, 0.29) is 167 Å². The molecule has 12 heterocycles.